The van der Waals surface area contributed by atoms with E-state index in [9.17, 15) is 9.18 Å². The maximum atomic E-state index is 13.8. The van der Waals surface area contributed by atoms with Crippen molar-refractivity contribution in [3.8, 4) is 22.8 Å². The van der Waals surface area contributed by atoms with Crippen molar-refractivity contribution in [3.63, 3.8) is 0 Å². The molecule has 1 aromatic carbocycles. The molecule has 6 nitrogen and oxygen atoms in total. The molecule has 0 fully saturated rings. The predicted octanol–water partition coefficient (Wildman–Crippen LogP) is 1.91. The van der Waals surface area contributed by atoms with Gasteiger partial charge in [0.2, 0.25) is 6.79 Å². The first-order valence-corrected chi connectivity index (χ1v) is 4.95. The molecule has 0 saturated carbocycles. The Balaban J connectivity index is 2.16. The lowest BCUT2D eigenvalue weighted by molar-refractivity contribution is 0.0686. The zero-order valence-electron chi connectivity index (χ0n) is 8.84. The van der Waals surface area contributed by atoms with Crippen LogP contribution in [-0.4, -0.2) is 23.0 Å². The summed E-state index contributed by atoms with van der Waals surface area (Å²) in [6, 6.07) is 3.74. The summed E-state index contributed by atoms with van der Waals surface area (Å²) in [5.74, 6) is -1.32. The maximum absolute atomic E-state index is 13.8. The molecule has 1 N–H and O–H groups in total. The molecule has 0 saturated heterocycles. The quantitative estimate of drug-likeness (QED) is 0.877. The van der Waals surface area contributed by atoms with Crippen LogP contribution in [-0.2, 0) is 0 Å². The Morgan fingerprint density at radius 2 is 2.22 bits per heavy atom. The largest absolute Gasteiger partial charge is 0.476 e. The average Bonchev–Trinajstić information content (AvgIpc) is 2.95. The van der Waals surface area contributed by atoms with Gasteiger partial charge in [0.25, 0.3) is 0 Å². The average molecular weight is 251 g/mol. The fourth-order valence-corrected chi connectivity index (χ4v) is 1.67. The molecule has 7 heteroatoms. The number of nitrogens with zero attached hydrogens (tertiary/aromatic N) is 1. The summed E-state index contributed by atoms with van der Waals surface area (Å²) < 4.78 is 28.8. The van der Waals surface area contributed by atoms with Crippen molar-refractivity contribution < 1.29 is 28.3 Å². The number of aromatic nitrogens is 1. The topological polar surface area (TPSA) is 81.8 Å². The molecule has 1 aromatic heterocycles. The van der Waals surface area contributed by atoms with Gasteiger partial charge in [0.1, 0.15) is 11.4 Å². The molecule has 2 aromatic rings. The van der Waals surface area contributed by atoms with E-state index in [0.717, 1.165) is 6.07 Å². The van der Waals surface area contributed by atoms with Crippen LogP contribution in [0.15, 0.2) is 22.7 Å². The third kappa shape index (κ3) is 1.48. The number of hydrogen-bond donors (Lipinski definition) is 1. The summed E-state index contributed by atoms with van der Waals surface area (Å²) in [4.78, 5) is 10.7. The fraction of sp³-hybridized carbons (Fsp3) is 0.0909. The van der Waals surface area contributed by atoms with Gasteiger partial charge in [0.05, 0.1) is 0 Å². The number of carbonyl (C=O) groups is 1. The summed E-state index contributed by atoms with van der Waals surface area (Å²) in [6.45, 7) is -0.0221. The van der Waals surface area contributed by atoms with Crippen LogP contribution >= 0.6 is 0 Å². The van der Waals surface area contributed by atoms with E-state index in [4.69, 9.17) is 19.1 Å². The molecular weight excluding hydrogens is 245 g/mol. The molecule has 0 bridgehead atoms. The van der Waals surface area contributed by atoms with Crippen LogP contribution in [0.25, 0.3) is 11.3 Å². The third-order valence-corrected chi connectivity index (χ3v) is 2.46. The highest BCUT2D eigenvalue weighted by Crippen LogP contribution is 2.42. The number of fused-ring (bicyclic) bond motifs is 1. The van der Waals surface area contributed by atoms with Crippen LogP contribution in [0.4, 0.5) is 4.39 Å². The third-order valence-electron chi connectivity index (χ3n) is 2.46. The minimum atomic E-state index is -1.25. The second kappa shape index (κ2) is 3.73. The van der Waals surface area contributed by atoms with E-state index in [2.05, 4.69) is 5.16 Å². The monoisotopic (exact) mass is 251 g/mol. The molecule has 0 unspecified atom stereocenters. The zero-order chi connectivity index (χ0) is 12.7. The van der Waals surface area contributed by atoms with Crippen molar-refractivity contribution in [1.82, 2.24) is 5.16 Å². The Bertz CT molecular complexity index is 636. The molecular formula is C11H6FNO5. The van der Waals surface area contributed by atoms with Gasteiger partial charge in [-0.1, -0.05) is 5.16 Å². The Hall–Kier alpha value is -2.57. The Labute approximate surface area is 99.5 Å². The highest BCUT2D eigenvalue weighted by atomic mass is 19.1. The van der Waals surface area contributed by atoms with Crippen LogP contribution in [0.3, 0.4) is 0 Å². The van der Waals surface area contributed by atoms with Gasteiger partial charge in [-0.25, -0.2) is 9.18 Å². The second-order valence-electron chi connectivity index (χ2n) is 3.54. The molecule has 18 heavy (non-hydrogen) atoms. The second-order valence-corrected chi connectivity index (χ2v) is 3.54. The van der Waals surface area contributed by atoms with Gasteiger partial charge in [-0.3, -0.25) is 0 Å². The number of aromatic carboxylic acids is 1. The van der Waals surface area contributed by atoms with Gasteiger partial charge < -0.3 is 19.1 Å². The van der Waals surface area contributed by atoms with Crippen molar-refractivity contribution in [1.29, 1.82) is 0 Å². The number of hydrogen-bond acceptors (Lipinski definition) is 5. The lowest BCUT2D eigenvalue weighted by Gasteiger charge is -2.02. The fourth-order valence-electron chi connectivity index (χ4n) is 1.67. The van der Waals surface area contributed by atoms with Crippen LogP contribution in [0.5, 0.6) is 11.5 Å². The summed E-state index contributed by atoms with van der Waals surface area (Å²) in [5.41, 5.74) is -0.300. The van der Waals surface area contributed by atoms with E-state index >= 15 is 0 Å². The van der Waals surface area contributed by atoms with Gasteiger partial charge in [0.15, 0.2) is 23.0 Å². The lowest BCUT2D eigenvalue weighted by atomic mass is 10.1. The van der Waals surface area contributed by atoms with Gasteiger partial charge in [-0.05, 0) is 12.1 Å². The first-order valence-electron chi connectivity index (χ1n) is 4.95. The Kier molecular flexibility index (Phi) is 2.19. The molecule has 92 valence electrons. The van der Waals surface area contributed by atoms with E-state index in [-0.39, 0.29) is 29.6 Å². The van der Waals surface area contributed by atoms with Gasteiger partial charge in [0, 0.05) is 6.07 Å². The Morgan fingerprint density at radius 1 is 1.39 bits per heavy atom. The van der Waals surface area contributed by atoms with Crippen LogP contribution in [0.2, 0.25) is 0 Å². The van der Waals surface area contributed by atoms with Crippen LogP contribution in [0.1, 0.15) is 10.5 Å². The summed E-state index contributed by atoms with van der Waals surface area (Å²) >= 11 is 0. The van der Waals surface area contributed by atoms with Gasteiger partial charge in [-0.15, -0.1) is 0 Å². The van der Waals surface area contributed by atoms with Gasteiger partial charge in [-0.2, -0.15) is 0 Å². The number of rotatable bonds is 2. The minimum Gasteiger partial charge on any atom is -0.476 e. The van der Waals surface area contributed by atoms with Crippen molar-refractivity contribution in [2.75, 3.05) is 6.79 Å². The highest BCUT2D eigenvalue weighted by Gasteiger charge is 2.26. The van der Waals surface area contributed by atoms with Crippen molar-refractivity contribution >= 4 is 5.97 Å². The molecule has 1 aliphatic heterocycles. The van der Waals surface area contributed by atoms with E-state index < -0.39 is 11.8 Å². The first-order chi connectivity index (χ1) is 8.66. The number of halogens is 1. The van der Waals surface area contributed by atoms with E-state index in [1.807, 2.05) is 0 Å². The number of carboxylic acids is 1. The standard InChI is InChI=1S/C11H6FNO5/c12-5-1-2-7-10(17-4-16-7)9(5)8-3-6(11(14)15)13-18-8/h1-3H,4H2,(H,14,15). The number of benzene rings is 1. The van der Waals surface area contributed by atoms with Crippen LogP contribution in [0, 0.1) is 5.82 Å². The van der Waals surface area contributed by atoms with Crippen molar-refractivity contribution in [2.24, 2.45) is 0 Å². The molecule has 1 aliphatic rings. The lowest BCUT2D eigenvalue weighted by Crippen LogP contribution is -1.95. The number of ether oxygens (including phenoxy) is 2. The molecule has 0 spiro atoms. The van der Waals surface area contributed by atoms with Crippen molar-refractivity contribution in [2.45, 2.75) is 0 Å². The van der Waals surface area contributed by atoms with E-state index in [1.165, 1.54) is 12.1 Å². The smallest absolute Gasteiger partial charge is 0.358 e. The first kappa shape index (κ1) is 10.6. The molecule has 0 aliphatic carbocycles. The van der Waals surface area contributed by atoms with E-state index in [0.29, 0.717) is 5.75 Å². The normalized spacial score (nSPS) is 12.7. The SMILES string of the molecule is O=C(O)c1cc(-c2c(F)ccc3c2OCO3)on1. The van der Waals surface area contributed by atoms with Gasteiger partial charge >= 0.3 is 5.97 Å². The molecule has 0 amide bonds. The maximum Gasteiger partial charge on any atom is 0.358 e. The molecule has 3 rings (SSSR count). The predicted molar refractivity (Wildman–Crippen MR) is 55.0 cm³/mol. The molecule has 0 atom stereocenters. The van der Waals surface area contributed by atoms with Crippen LogP contribution < -0.4 is 9.47 Å². The molecule has 2 heterocycles. The minimum absolute atomic E-state index is 0.00463. The van der Waals surface area contributed by atoms with Crippen molar-refractivity contribution in [3.05, 3.63) is 29.7 Å². The zero-order valence-corrected chi connectivity index (χ0v) is 8.84. The Morgan fingerprint density at radius 3 is 2.94 bits per heavy atom. The summed E-state index contributed by atoms with van der Waals surface area (Å²) in [7, 11) is 0. The van der Waals surface area contributed by atoms with E-state index in [1.54, 1.807) is 0 Å². The summed E-state index contributed by atoms with van der Waals surface area (Å²) in [6.07, 6.45) is 0. The highest BCUT2D eigenvalue weighted by molar-refractivity contribution is 5.87. The summed E-state index contributed by atoms with van der Waals surface area (Å²) in [5, 5.41) is 12.1. The number of carboxylic acid groups (broad SMARTS) is 1. The molecule has 0 radical (unpaired) electrons.